The highest BCUT2D eigenvalue weighted by Gasteiger charge is 2.33. The van der Waals surface area contributed by atoms with Crippen molar-refractivity contribution in [2.24, 2.45) is 0 Å². The van der Waals surface area contributed by atoms with Gasteiger partial charge in [-0.2, -0.15) is 5.10 Å². The fourth-order valence-electron chi connectivity index (χ4n) is 6.00. The van der Waals surface area contributed by atoms with Crippen LogP contribution in [0.25, 0.3) is 16.7 Å². The van der Waals surface area contributed by atoms with Crippen molar-refractivity contribution in [2.45, 2.75) is 23.7 Å². The van der Waals surface area contributed by atoms with E-state index in [1.807, 2.05) is 17.0 Å². The van der Waals surface area contributed by atoms with Crippen molar-refractivity contribution in [3.63, 3.8) is 0 Å². The van der Waals surface area contributed by atoms with Gasteiger partial charge in [0.25, 0.3) is 5.56 Å². The summed E-state index contributed by atoms with van der Waals surface area (Å²) in [5.74, 6) is 0.313. The van der Waals surface area contributed by atoms with E-state index in [0.717, 1.165) is 13.1 Å². The Morgan fingerprint density at radius 3 is 2.19 bits per heavy atom. The highest BCUT2D eigenvalue weighted by atomic mass is 32.2. The molecule has 1 saturated heterocycles. The fraction of sp³-hybridized carbons (Fsp3) is 0.250. The van der Waals surface area contributed by atoms with Gasteiger partial charge in [0.1, 0.15) is 11.2 Å². The van der Waals surface area contributed by atoms with Gasteiger partial charge in [-0.1, -0.05) is 72.4 Å². The first-order valence-electron chi connectivity index (χ1n) is 14.1. The van der Waals surface area contributed by atoms with Crippen LogP contribution in [-0.2, 0) is 4.79 Å². The van der Waals surface area contributed by atoms with E-state index in [1.54, 1.807) is 21.4 Å². The van der Waals surface area contributed by atoms with Crippen LogP contribution in [0.1, 0.15) is 29.6 Å². The van der Waals surface area contributed by atoms with E-state index < -0.39 is 0 Å². The number of rotatable bonds is 6. The molecule has 2 aromatic heterocycles. The SMILES string of the molecule is O=C(CC1CSc2nc3c(cnn3-c3ccc(F)cc3)c(=O)n21)N1CCN(C(c2ccccc2)c2ccccc2)CC1. The lowest BCUT2D eigenvalue weighted by molar-refractivity contribution is -0.133. The van der Waals surface area contributed by atoms with Gasteiger partial charge in [-0.3, -0.25) is 19.1 Å². The lowest BCUT2D eigenvalue weighted by Gasteiger charge is -2.40. The number of fused-ring (bicyclic) bond motifs is 2. The molecule has 1 atom stereocenters. The highest BCUT2D eigenvalue weighted by molar-refractivity contribution is 7.99. The van der Waals surface area contributed by atoms with E-state index in [1.165, 1.54) is 41.2 Å². The van der Waals surface area contributed by atoms with Gasteiger partial charge in [0.05, 0.1) is 24.0 Å². The van der Waals surface area contributed by atoms with Crippen molar-refractivity contribution in [1.29, 1.82) is 0 Å². The second-order valence-corrected chi connectivity index (χ2v) is 11.6. The van der Waals surface area contributed by atoms with Crippen LogP contribution in [0.2, 0.25) is 0 Å². The van der Waals surface area contributed by atoms with Crippen LogP contribution in [0.5, 0.6) is 0 Å². The zero-order valence-electron chi connectivity index (χ0n) is 22.8. The van der Waals surface area contributed by atoms with Crippen molar-refractivity contribution in [3.8, 4) is 5.69 Å². The van der Waals surface area contributed by atoms with Crippen LogP contribution >= 0.6 is 11.8 Å². The Morgan fingerprint density at radius 1 is 0.905 bits per heavy atom. The molecule has 2 aliphatic heterocycles. The van der Waals surface area contributed by atoms with Crippen LogP contribution in [-0.4, -0.2) is 67.0 Å². The lowest BCUT2D eigenvalue weighted by atomic mass is 9.96. The van der Waals surface area contributed by atoms with Gasteiger partial charge in [-0.05, 0) is 35.4 Å². The summed E-state index contributed by atoms with van der Waals surface area (Å²) >= 11 is 1.47. The Kier molecular flexibility index (Phi) is 7.09. The van der Waals surface area contributed by atoms with Crippen LogP contribution in [0, 0.1) is 5.82 Å². The first-order valence-corrected chi connectivity index (χ1v) is 15.1. The summed E-state index contributed by atoms with van der Waals surface area (Å²) in [5.41, 5.74) is 3.33. The smallest absolute Gasteiger partial charge is 0.265 e. The van der Waals surface area contributed by atoms with Gasteiger partial charge in [-0.15, -0.1) is 0 Å². The molecule has 5 aromatic rings. The maximum atomic E-state index is 13.5. The maximum Gasteiger partial charge on any atom is 0.265 e. The third kappa shape index (κ3) is 4.90. The van der Waals surface area contributed by atoms with Crippen molar-refractivity contribution in [2.75, 3.05) is 31.9 Å². The molecule has 8 nitrogen and oxygen atoms in total. The molecule has 1 unspecified atom stereocenters. The molecular formula is C32H29FN6O2S. The molecule has 1 amide bonds. The number of amides is 1. The monoisotopic (exact) mass is 580 g/mol. The minimum absolute atomic E-state index is 0.0538. The van der Waals surface area contributed by atoms with Crippen LogP contribution < -0.4 is 5.56 Å². The van der Waals surface area contributed by atoms with E-state index in [9.17, 15) is 14.0 Å². The normalized spacial score (nSPS) is 17.2. The highest BCUT2D eigenvalue weighted by Crippen LogP contribution is 2.34. The molecule has 42 heavy (non-hydrogen) atoms. The Hall–Kier alpha value is -4.28. The Balaban J connectivity index is 1.06. The molecule has 0 N–H and O–H groups in total. The molecule has 2 aliphatic rings. The number of hydrogen-bond acceptors (Lipinski definition) is 6. The number of carbonyl (C=O) groups excluding carboxylic acids is 1. The molecule has 212 valence electrons. The Morgan fingerprint density at radius 2 is 1.55 bits per heavy atom. The molecule has 4 heterocycles. The van der Waals surface area contributed by atoms with Crippen molar-refractivity contribution in [3.05, 3.63) is 118 Å². The first kappa shape index (κ1) is 26.6. The summed E-state index contributed by atoms with van der Waals surface area (Å²) in [6, 6.07) is 26.8. The molecule has 0 aliphatic carbocycles. The Bertz CT molecular complexity index is 1740. The van der Waals surface area contributed by atoms with Gasteiger partial charge in [0.15, 0.2) is 10.8 Å². The third-order valence-corrected chi connectivity index (χ3v) is 9.21. The zero-order chi connectivity index (χ0) is 28.6. The number of piperazine rings is 1. The summed E-state index contributed by atoms with van der Waals surface area (Å²) < 4.78 is 16.6. The predicted octanol–water partition coefficient (Wildman–Crippen LogP) is 4.69. The first-order chi connectivity index (χ1) is 20.6. The summed E-state index contributed by atoms with van der Waals surface area (Å²) in [7, 11) is 0. The Labute approximate surface area is 246 Å². The second kappa shape index (κ2) is 11.2. The summed E-state index contributed by atoms with van der Waals surface area (Å²) in [5, 5.41) is 5.31. The van der Waals surface area contributed by atoms with Crippen LogP contribution in [0.4, 0.5) is 4.39 Å². The molecule has 1 fully saturated rings. The van der Waals surface area contributed by atoms with Gasteiger partial charge in [0, 0.05) is 38.4 Å². The quantitative estimate of drug-likeness (QED) is 0.271. The zero-order valence-corrected chi connectivity index (χ0v) is 23.7. The number of thioether (sulfide) groups is 1. The number of hydrogen-bond donors (Lipinski definition) is 0. The molecular weight excluding hydrogens is 551 g/mol. The van der Waals surface area contributed by atoms with Crippen LogP contribution in [0.3, 0.4) is 0 Å². The lowest BCUT2D eigenvalue weighted by Crippen LogP contribution is -2.50. The van der Waals surface area contributed by atoms with Gasteiger partial charge in [0.2, 0.25) is 5.91 Å². The molecule has 0 spiro atoms. The summed E-state index contributed by atoms with van der Waals surface area (Å²) in [6.45, 7) is 2.80. The molecule has 0 radical (unpaired) electrons. The molecule has 7 rings (SSSR count). The number of halogens is 1. The van der Waals surface area contributed by atoms with Crippen molar-refractivity contribution < 1.29 is 9.18 Å². The standard InChI is InChI=1S/C32H29FN6O2S/c33-24-11-13-25(14-12-24)39-30-27(20-34-39)31(41)38-26(21-42-32(38)35-30)19-28(40)36-15-17-37(18-16-36)29(22-7-3-1-4-8-22)23-9-5-2-6-10-23/h1-14,20,26,29H,15-19,21H2. The molecule has 10 heteroatoms. The van der Waals surface area contributed by atoms with E-state index in [-0.39, 0.29) is 35.8 Å². The largest absolute Gasteiger partial charge is 0.340 e. The maximum absolute atomic E-state index is 13.5. The predicted molar refractivity (Wildman–Crippen MR) is 160 cm³/mol. The fourth-order valence-corrected chi connectivity index (χ4v) is 7.13. The number of benzene rings is 3. The second-order valence-electron chi connectivity index (χ2n) is 10.6. The molecule has 0 saturated carbocycles. The minimum Gasteiger partial charge on any atom is -0.340 e. The third-order valence-electron chi connectivity index (χ3n) is 8.11. The summed E-state index contributed by atoms with van der Waals surface area (Å²) in [6.07, 6.45) is 1.75. The van der Waals surface area contributed by atoms with E-state index in [2.05, 4.69) is 58.5 Å². The number of nitrogens with zero attached hydrogens (tertiary/aromatic N) is 6. The van der Waals surface area contributed by atoms with E-state index in [0.29, 0.717) is 40.7 Å². The molecule has 0 bridgehead atoms. The van der Waals surface area contributed by atoms with Gasteiger partial charge in [-0.25, -0.2) is 14.1 Å². The molecule has 3 aromatic carbocycles. The topological polar surface area (TPSA) is 76.3 Å². The van der Waals surface area contributed by atoms with Gasteiger partial charge >= 0.3 is 0 Å². The van der Waals surface area contributed by atoms with Crippen LogP contribution in [0.15, 0.2) is 101 Å². The van der Waals surface area contributed by atoms with E-state index >= 15 is 0 Å². The number of carbonyl (C=O) groups is 1. The van der Waals surface area contributed by atoms with E-state index in [4.69, 9.17) is 4.98 Å². The summed E-state index contributed by atoms with van der Waals surface area (Å²) in [4.78, 5) is 36.1. The van der Waals surface area contributed by atoms with Crippen molar-refractivity contribution in [1.82, 2.24) is 29.1 Å². The average Bonchev–Trinajstić information content (AvgIpc) is 3.64. The van der Waals surface area contributed by atoms with Crippen molar-refractivity contribution >= 4 is 28.7 Å². The van der Waals surface area contributed by atoms with Gasteiger partial charge < -0.3 is 4.90 Å². The number of aromatic nitrogens is 4. The average molecular weight is 581 g/mol. The minimum atomic E-state index is -0.346.